The number of rotatable bonds is 2. The van der Waals surface area contributed by atoms with Gasteiger partial charge in [0.05, 0.1) is 5.56 Å². The summed E-state index contributed by atoms with van der Waals surface area (Å²) in [5.41, 5.74) is 8.36. The molecule has 0 aliphatic heterocycles. The Morgan fingerprint density at radius 2 is 1.76 bits per heavy atom. The number of hydrogen-bond acceptors (Lipinski definition) is 3. The zero-order chi connectivity index (χ0) is 15.0. The Kier molecular flexibility index (Phi) is 3.17. The highest BCUT2D eigenvalue weighted by Gasteiger charge is 2.20. The van der Waals surface area contributed by atoms with E-state index < -0.39 is 5.82 Å². The number of nitrogen functional groups attached to an aromatic ring is 1. The zero-order valence-electron chi connectivity index (χ0n) is 11.2. The minimum Gasteiger partial charge on any atom is -0.367 e. The van der Waals surface area contributed by atoms with Crippen LogP contribution in [0.25, 0.3) is 22.4 Å². The van der Waals surface area contributed by atoms with Crippen LogP contribution in [-0.2, 0) is 0 Å². The largest absolute Gasteiger partial charge is 0.367 e. The average molecular weight is 286 g/mol. The molecule has 3 nitrogen and oxygen atoms in total. The van der Waals surface area contributed by atoms with Crippen LogP contribution in [0.3, 0.4) is 0 Å². The maximum absolute atomic E-state index is 14.0. The fraction of sp³-hybridized carbons (Fsp3) is 0.0625. The highest BCUT2D eigenvalue weighted by Crippen LogP contribution is 2.37. The molecule has 0 aliphatic rings. The molecule has 0 fully saturated rings. The maximum atomic E-state index is 14.0. The highest BCUT2D eigenvalue weighted by molar-refractivity contribution is 5.87. The van der Waals surface area contributed by atoms with Crippen molar-refractivity contribution in [2.45, 2.75) is 6.92 Å². The summed E-state index contributed by atoms with van der Waals surface area (Å²) >= 11 is 0. The van der Waals surface area contributed by atoms with Crippen LogP contribution < -0.4 is 5.73 Å². The van der Waals surface area contributed by atoms with Crippen molar-refractivity contribution in [3.8, 4) is 22.4 Å². The molecule has 0 aliphatic carbocycles. The molecule has 2 N–H and O–H groups in total. The van der Waals surface area contributed by atoms with Gasteiger partial charge in [0.2, 0.25) is 5.88 Å². The van der Waals surface area contributed by atoms with E-state index in [0.717, 1.165) is 5.56 Å². The van der Waals surface area contributed by atoms with E-state index in [1.807, 2.05) is 6.92 Å². The number of aryl methyl sites for hydroxylation is 1. The molecule has 0 saturated heterocycles. The first-order valence-corrected chi connectivity index (χ1v) is 6.34. The van der Waals surface area contributed by atoms with Gasteiger partial charge in [-0.1, -0.05) is 28.9 Å². The first kappa shape index (κ1) is 13.3. The topological polar surface area (TPSA) is 52.0 Å². The molecule has 21 heavy (non-hydrogen) atoms. The van der Waals surface area contributed by atoms with E-state index in [9.17, 15) is 8.78 Å². The number of nitrogens with two attached hydrogens (primary N) is 1. The van der Waals surface area contributed by atoms with Crippen molar-refractivity contribution in [1.82, 2.24) is 5.16 Å². The minimum atomic E-state index is -0.419. The van der Waals surface area contributed by atoms with Crippen molar-refractivity contribution in [3.05, 3.63) is 59.7 Å². The molecule has 3 rings (SSSR count). The van der Waals surface area contributed by atoms with Crippen LogP contribution in [0.4, 0.5) is 14.7 Å². The van der Waals surface area contributed by atoms with Gasteiger partial charge in [0.25, 0.3) is 0 Å². The zero-order valence-corrected chi connectivity index (χ0v) is 11.2. The number of aromatic nitrogens is 1. The lowest BCUT2D eigenvalue weighted by Gasteiger charge is -2.05. The molecule has 0 unspecified atom stereocenters. The summed E-state index contributed by atoms with van der Waals surface area (Å²) in [6.07, 6.45) is 0. The van der Waals surface area contributed by atoms with E-state index >= 15 is 0 Å². The lowest BCUT2D eigenvalue weighted by molar-refractivity contribution is 0.439. The van der Waals surface area contributed by atoms with Crippen molar-refractivity contribution in [1.29, 1.82) is 0 Å². The van der Waals surface area contributed by atoms with Crippen LogP contribution in [0.5, 0.6) is 0 Å². The normalized spacial score (nSPS) is 10.8. The van der Waals surface area contributed by atoms with E-state index in [0.29, 0.717) is 22.4 Å². The third-order valence-corrected chi connectivity index (χ3v) is 3.23. The summed E-state index contributed by atoms with van der Waals surface area (Å²) in [5, 5.41) is 3.85. The Labute approximate surface area is 120 Å². The lowest BCUT2D eigenvalue weighted by atomic mass is 9.99. The molecule has 106 valence electrons. The number of nitrogens with zero attached hydrogens (tertiary/aromatic N) is 1. The molecule has 0 radical (unpaired) electrons. The predicted octanol–water partition coefficient (Wildman–Crippen LogP) is 4.18. The van der Waals surface area contributed by atoms with Gasteiger partial charge < -0.3 is 10.3 Å². The monoisotopic (exact) mass is 286 g/mol. The second-order valence-electron chi connectivity index (χ2n) is 4.76. The Morgan fingerprint density at radius 1 is 1.05 bits per heavy atom. The van der Waals surface area contributed by atoms with Crippen molar-refractivity contribution in [2.24, 2.45) is 0 Å². The molecule has 0 saturated carbocycles. The number of anilines is 1. The molecule has 0 spiro atoms. The number of hydrogen-bond donors (Lipinski definition) is 1. The van der Waals surface area contributed by atoms with E-state index in [-0.39, 0.29) is 11.7 Å². The van der Waals surface area contributed by atoms with Crippen molar-refractivity contribution in [3.63, 3.8) is 0 Å². The van der Waals surface area contributed by atoms with Gasteiger partial charge in [0, 0.05) is 5.56 Å². The average Bonchev–Trinajstić information content (AvgIpc) is 2.84. The second-order valence-corrected chi connectivity index (χ2v) is 4.76. The third kappa shape index (κ3) is 2.38. The third-order valence-electron chi connectivity index (χ3n) is 3.23. The van der Waals surface area contributed by atoms with Gasteiger partial charge in [0.15, 0.2) is 0 Å². The Morgan fingerprint density at radius 3 is 2.48 bits per heavy atom. The fourth-order valence-corrected chi connectivity index (χ4v) is 2.20. The Hall–Kier alpha value is -2.69. The van der Waals surface area contributed by atoms with Gasteiger partial charge in [-0.3, -0.25) is 0 Å². The van der Waals surface area contributed by atoms with Gasteiger partial charge in [-0.05, 0) is 36.8 Å². The lowest BCUT2D eigenvalue weighted by Crippen LogP contribution is -1.91. The number of benzene rings is 2. The van der Waals surface area contributed by atoms with E-state index in [1.54, 1.807) is 24.3 Å². The molecular weight excluding hydrogens is 274 g/mol. The predicted molar refractivity (Wildman–Crippen MR) is 76.4 cm³/mol. The van der Waals surface area contributed by atoms with Crippen molar-refractivity contribution >= 4 is 5.88 Å². The van der Waals surface area contributed by atoms with Crippen LogP contribution in [0.1, 0.15) is 5.56 Å². The standard InChI is InChI=1S/C16H12F2N2O/c1-9-2-7-13(18)12(8-9)15-14(16(19)21-20-15)10-3-5-11(17)6-4-10/h2-8H,19H2,1H3. The fourth-order valence-electron chi connectivity index (χ4n) is 2.20. The van der Waals surface area contributed by atoms with Crippen LogP contribution in [0.15, 0.2) is 47.0 Å². The van der Waals surface area contributed by atoms with Gasteiger partial charge in [-0.25, -0.2) is 8.78 Å². The molecular formula is C16H12F2N2O. The highest BCUT2D eigenvalue weighted by atomic mass is 19.1. The summed E-state index contributed by atoms with van der Waals surface area (Å²) in [6, 6.07) is 10.4. The smallest absolute Gasteiger partial charge is 0.230 e. The van der Waals surface area contributed by atoms with E-state index in [4.69, 9.17) is 10.3 Å². The summed E-state index contributed by atoms with van der Waals surface area (Å²) in [6.45, 7) is 1.85. The van der Waals surface area contributed by atoms with Crippen LogP contribution >= 0.6 is 0 Å². The maximum Gasteiger partial charge on any atom is 0.230 e. The molecule has 1 aromatic heterocycles. The van der Waals surface area contributed by atoms with Gasteiger partial charge in [0.1, 0.15) is 17.3 Å². The Balaban J connectivity index is 2.21. The van der Waals surface area contributed by atoms with Gasteiger partial charge >= 0.3 is 0 Å². The summed E-state index contributed by atoms with van der Waals surface area (Å²) < 4.78 is 32.1. The quantitative estimate of drug-likeness (QED) is 0.769. The van der Waals surface area contributed by atoms with Crippen molar-refractivity contribution in [2.75, 3.05) is 5.73 Å². The van der Waals surface area contributed by atoms with E-state index in [2.05, 4.69) is 5.16 Å². The summed E-state index contributed by atoms with van der Waals surface area (Å²) in [5.74, 6) is -0.716. The van der Waals surface area contributed by atoms with E-state index in [1.165, 1.54) is 18.2 Å². The second kappa shape index (κ2) is 5.01. The summed E-state index contributed by atoms with van der Waals surface area (Å²) in [4.78, 5) is 0. The van der Waals surface area contributed by atoms with Gasteiger partial charge in [-0.15, -0.1) is 0 Å². The van der Waals surface area contributed by atoms with Crippen LogP contribution in [0, 0.1) is 18.6 Å². The molecule has 2 aromatic carbocycles. The van der Waals surface area contributed by atoms with Crippen LogP contribution in [0.2, 0.25) is 0 Å². The summed E-state index contributed by atoms with van der Waals surface area (Å²) in [7, 11) is 0. The molecule has 3 aromatic rings. The molecule has 0 bridgehead atoms. The van der Waals surface area contributed by atoms with Gasteiger partial charge in [-0.2, -0.15) is 0 Å². The first-order chi connectivity index (χ1) is 10.1. The number of halogens is 2. The van der Waals surface area contributed by atoms with Crippen molar-refractivity contribution < 1.29 is 13.3 Å². The first-order valence-electron chi connectivity index (χ1n) is 6.34. The SMILES string of the molecule is Cc1ccc(F)c(-c2noc(N)c2-c2ccc(F)cc2)c1. The molecule has 1 heterocycles. The molecule has 5 heteroatoms. The Bertz CT molecular complexity index is 795. The minimum absolute atomic E-state index is 0.0671. The van der Waals surface area contributed by atoms with Crippen LogP contribution in [-0.4, -0.2) is 5.16 Å². The molecule has 0 amide bonds. The molecule has 0 atom stereocenters.